The van der Waals surface area contributed by atoms with Crippen LogP contribution in [0.2, 0.25) is 0 Å². The van der Waals surface area contributed by atoms with Crippen molar-refractivity contribution >= 4 is 0 Å². The molecule has 0 amide bonds. The molecule has 2 saturated carbocycles. The second-order valence-electron chi connectivity index (χ2n) is 7.34. The molecule has 3 aliphatic rings. The minimum Gasteiger partial charge on any atom is -0.376 e. The van der Waals surface area contributed by atoms with Crippen LogP contribution in [0.3, 0.4) is 0 Å². The van der Waals surface area contributed by atoms with Crippen molar-refractivity contribution in [1.29, 1.82) is 0 Å². The van der Waals surface area contributed by atoms with Gasteiger partial charge in [0.1, 0.15) is 0 Å². The van der Waals surface area contributed by atoms with Gasteiger partial charge in [-0.15, -0.1) is 0 Å². The fourth-order valence-electron chi connectivity index (χ4n) is 4.78. The largest absolute Gasteiger partial charge is 0.376 e. The molecule has 0 N–H and O–H groups in total. The van der Waals surface area contributed by atoms with E-state index < -0.39 is 11.7 Å². The van der Waals surface area contributed by atoms with Crippen molar-refractivity contribution in [1.82, 2.24) is 0 Å². The molecule has 5 heteroatoms. The zero-order chi connectivity index (χ0) is 16.6. The van der Waals surface area contributed by atoms with Gasteiger partial charge in [-0.2, -0.15) is 0 Å². The van der Waals surface area contributed by atoms with Crippen LogP contribution in [-0.2, 0) is 20.8 Å². The maximum Gasteiger partial charge on any atom is 0.248 e. The molecule has 1 aliphatic heterocycles. The van der Waals surface area contributed by atoms with Crippen molar-refractivity contribution in [2.24, 2.45) is 17.8 Å². The Labute approximate surface area is 141 Å². The van der Waals surface area contributed by atoms with Crippen LogP contribution in [0.1, 0.15) is 31.2 Å². The van der Waals surface area contributed by atoms with E-state index >= 15 is 0 Å². The monoisotopic (exact) mass is 338 g/mol. The molecule has 0 unspecified atom stereocenters. The fraction of sp³-hybridized carbons (Fsp3) is 0.684. The molecule has 4 rings (SSSR count). The van der Waals surface area contributed by atoms with E-state index in [9.17, 15) is 8.78 Å². The predicted molar refractivity (Wildman–Crippen MR) is 84.6 cm³/mol. The molecule has 3 fully saturated rings. The number of halogens is 2. The highest BCUT2D eigenvalue weighted by molar-refractivity contribution is 5.13. The number of benzene rings is 1. The van der Waals surface area contributed by atoms with Gasteiger partial charge >= 0.3 is 0 Å². The van der Waals surface area contributed by atoms with E-state index in [0.29, 0.717) is 39.3 Å². The molecule has 24 heavy (non-hydrogen) atoms. The number of hydrogen-bond donors (Lipinski definition) is 0. The Hall–Kier alpha value is -1.04. The summed E-state index contributed by atoms with van der Waals surface area (Å²) in [5.74, 6) is -3.02. The zero-order valence-corrected chi connectivity index (χ0v) is 13.8. The second kappa shape index (κ2) is 6.36. The third-order valence-corrected chi connectivity index (χ3v) is 5.82. The zero-order valence-electron chi connectivity index (χ0n) is 13.8. The van der Waals surface area contributed by atoms with Gasteiger partial charge in [-0.05, 0) is 23.8 Å². The molecule has 1 aromatic carbocycles. The minimum absolute atomic E-state index is 0.0283. The van der Waals surface area contributed by atoms with E-state index in [1.165, 1.54) is 0 Å². The molecule has 3 nitrogen and oxygen atoms in total. The van der Waals surface area contributed by atoms with E-state index in [1.807, 2.05) is 30.3 Å². The van der Waals surface area contributed by atoms with Gasteiger partial charge in [-0.3, -0.25) is 0 Å². The van der Waals surface area contributed by atoms with Crippen LogP contribution >= 0.6 is 0 Å². The van der Waals surface area contributed by atoms with Crippen LogP contribution in [0.25, 0.3) is 0 Å². The lowest BCUT2D eigenvalue weighted by Crippen LogP contribution is -2.40. The highest BCUT2D eigenvalue weighted by atomic mass is 19.3. The lowest BCUT2D eigenvalue weighted by atomic mass is 9.76. The van der Waals surface area contributed by atoms with Crippen molar-refractivity contribution in [3.8, 4) is 0 Å². The van der Waals surface area contributed by atoms with Crippen LogP contribution in [0.5, 0.6) is 0 Å². The SMILES string of the molecule is FC1(F)CC[C@@H]2[C@H](C1)CC1(OCCO1)[C@H]2COCc1ccccc1. The first kappa shape index (κ1) is 16.4. The normalized spacial score (nSPS) is 33.7. The van der Waals surface area contributed by atoms with Crippen molar-refractivity contribution in [2.75, 3.05) is 19.8 Å². The molecule has 2 aliphatic carbocycles. The van der Waals surface area contributed by atoms with Gasteiger partial charge in [-0.1, -0.05) is 30.3 Å². The first-order valence-corrected chi connectivity index (χ1v) is 8.85. The summed E-state index contributed by atoms with van der Waals surface area (Å²) in [5.41, 5.74) is 1.12. The van der Waals surface area contributed by atoms with Gasteiger partial charge < -0.3 is 14.2 Å². The predicted octanol–water partition coefficient (Wildman–Crippen LogP) is 4.02. The highest BCUT2D eigenvalue weighted by Crippen LogP contribution is 2.57. The first-order chi connectivity index (χ1) is 11.6. The number of ether oxygens (including phenoxy) is 3. The Morgan fingerprint density at radius 1 is 1.08 bits per heavy atom. The third-order valence-electron chi connectivity index (χ3n) is 5.82. The van der Waals surface area contributed by atoms with E-state index in [4.69, 9.17) is 14.2 Å². The smallest absolute Gasteiger partial charge is 0.248 e. The molecule has 1 saturated heterocycles. The van der Waals surface area contributed by atoms with Crippen LogP contribution in [0.4, 0.5) is 8.78 Å². The molecule has 1 spiro atoms. The minimum atomic E-state index is -2.54. The van der Waals surface area contributed by atoms with Gasteiger partial charge in [0.15, 0.2) is 5.79 Å². The lowest BCUT2D eigenvalue weighted by molar-refractivity contribution is -0.199. The van der Waals surface area contributed by atoms with Crippen LogP contribution in [0, 0.1) is 17.8 Å². The summed E-state index contributed by atoms with van der Waals surface area (Å²) in [7, 11) is 0. The highest BCUT2D eigenvalue weighted by Gasteiger charge is 2.60. The fourth-order valence-corrected chi connectivity index (χ4v) is 4.78. The Balaban J connectivity index is 1.45. The maximum absolute atomic E-state index is 13.8. The maximum atomic E-state index is 13.8. The Bertz CT molecular complexity index is 557. The molecule has 3 atom stereocenters. The number of hydrogen-bond acceptors (Lipinski definition) is 3. The summed E-state index contributed by atoms with van der Waals surface area (Å²) in [6, 6.07) is 9.99. The Morgan fingerprint density at radius 2 is 1.83 bits per heavy atom. The molecule has 0 bridgehead atoms. The molecule has 0 aromatic heterocycles. The Kier molecular flexibility index (Phi) is 4.35. The third kappa shape index (κ3) is 3.09. The number of alkyl halides is 2. The molecule has 1 heterocycles. The van der Waals surface area contributed by atoms with Gasteiger partial charge in [0, 0.05) is 25.2 Å². The Morgan fingerprint density at radius 3 is 2.58 bits per heavy atom. The van der Waals surface area contributed by atoms with Crippen molar-refractivity contribution in [3.63, 3.8) is 0 Å². The summed E-state index contributed by atoms with van der Waals surface area (Å²) in [6.07, 6.45) is 1.04. The topological polar surface area (TPSA) is 27.7 Å². The molecule has 1 aromatic rings. The van der Waals surface area contributed by atoms with Gasteiger partial charge in [-0.25, -0.2) is 8.78 Å². The van der Waals surface area contributed by atoms with E-state index in [2.05, 4.69) is 0 Å². The average molecular weight is 338 g/mol. The van der Waals surface area contributed by atoms with E-state index in [1.54, 1.807) is 0 Å². The summed E-state index contributed by atoms with van der Waals surface area (Å²) in [5, 5.41) is 0. The molecule has 132 valence electrons. The van der Waals surface area contributed by atoms with Gasteiger partial charge in [0.2, 0.25) is 5.92 Å². The van der Waals surface area contributed by atoms with Crippen LogP contribution < -0.4 is 0 Å². The number of rotatable bonds is 4. The average Bonchev–Trinajstić information content (AvgIpc) is 3.13. The summed E-state index contributed by atoms with van der Waals surface area (Å²) in [4.78, 5) is 0. The van der Waals surface area contributed by atoms with Crippen LogP contribution in [0.15, 0.2) is 30.3 Å². The first-order valence-electron chi connectivity index (χ1n) is 8.85. The van der Waals surface area contributed by atoms with Gasteiger partial charge in [0.05, 0.1) is 26.4 Å². The quantitative estimate of drug-likeness (QED) is 0.830. The standard InChI is InChI=1S/C19H24F2O3/c20-18(21)7-6-16-15(10-18)11-19(23-8-9-24-19)17(16)13-22-12-14-4-2-1-3-5-14/h1-5,15-17H,6-13H2/t15-,16-,17+/m1/s1. The van der Waals surface area contributed by atoms with E-state index in [0.717, 1.165) is 5.56 Å². The van der Waals surface area contributed by atoms with E-state index in [-0.39, 0.29) is 30.6 Å². The summed E-state index contributed by atoms with van der Waals surface area (Å²) >= 11 is 0. The molecular formula is C19H24F2O3. The van der Waals surface area contributed by atoms with Crippen LogP contribution in [-0.4, -0.2) is 31.5 Å². The lowest BCUT2D eigenvalue weighted by Gasteiger charge is -2.35. The summed E-state index contributed by atoms with van der Waals surface area (Å²) < 4.78 is 45.4. The second-order valence-corrected chi connectivity index (χ2v) is 7.34. The van der Waals surface area contributed by atoms with Crippen molar-refractivity contribution in [3.05, 3.63) is 35.9 Å². The number of fused-ring (bicyclic) bond motifs is 1. The van der Waals surface area contributed by atoms with Gasteiger partial charge in [0.25, 0.3) is 0 Å². The molecule has 0 radical (unpaired) electrons. The summed E-state index contributed by atoms with van der Waals surface area (Å²) in [6.45, 7) is 2.12. The van der Waals surface area contributed by atoms with Crippen molar-refractivity contribution < 1.29 is 23.0 Å². The van der Waals surface area contributed by atoms with Crippen molar-refractivity contribution in [2.45, 2.75) is 44.0 Å². The molecular weight excluding hydrogens is 314 g/mol.